The molecule has 0 saturated carbocycles. The molecular weight excluding hydrogens is 206 g/mol. The molecule has 2 N–H and O–H groups in total. The Morgan fingerprint density at radius 1 is 1.53 bits per heavy atom. The summed E-state index contributed by atoms with van der Waals surface area (Å²) in [6.45, 7) is 5.05. The van der Waals surface area contributed by atoms with E-state index in [2.05, 4.69) is 13.8 Å². The van der Waals surface area contributed by atoms with Crippen LogP contribution in [-0.4, -0.2) is 11.6 Å². The molecule has 0 aromatic heterocycles. The van der Waals surface area contributed by atoms with Crippen LogP contribution in [0.25, 0.3) is 0 Å². The van der Waals surface area contributed by atoms with Crippen molar-refractivity contribution in [2.45, 2.75) is 20.3 Å². The van der Waals surface area contributed by atoms with Crippen LogP contribution in [0.2, 0.25) is 0 Å². The first-order valence-corrected chi connectivity index (χ1v) is 5.57. The third-order valence-corrected chi connectivity index (χ3v) is 2.59. The smallest absolute Gasteiger partial charge is 0.120 e. The summed E-state index contributed by atoms with van der Waals surface area (Å²) in [5.41, 5.74) is 6.39. The molecule has 1 aromatic rings. The molecule has 0 aliphatic heterocycles. The lowest BCUT2D eigenvalue weighted by Gasteiger charge is -2.11. The van der Waals surface area contributed by atoms with E-state index in [4.69, 9.17) is 22.7 Å². The molecule has 0 saturated heterocycles. The maximum atomic E-state index is 5.63. The molecule has 0 heterocycles. The standard InChI is InChI=1S/C12H17NOS/c1-3-9(2)8-14-11-6-4-5-10(7-11)12(13)15/h4-7,9H,3,8H2,1-2H3,(H2,13,15). The Balaban J connectivity index is 2.62. The lowest BCUT2D eigenvalue weighted by molar-refractivity contribution is 0.256. The molecule has 0 aliphatic carbocycles. The summed E-state index contributed by atoms with van der Waals surface area (Å²) in [5, 5.41) is 0. The van der Waals surface area contributed by atoms with Crippen molar-refractivity contribution in [3.8, 4) is 5.75 Å². The molecule has 1 atom stereocenters. The third kappa shape index (κ3) is 3.88. The normalized spacial score (nSPS) is 12.1. The number of thiocarbonyl (C=S) groups is 1. The largest absolute Gasteiger partial charge is 0.493 e. The number of benzene rings is 1. The van der Waals surface area contributed by atoms with Crippen molar-refractivity contribution in [1.82, 2.24) is 0 Å². The minimum atomic E-state index is 0.406. The molecule has 15 heavy (non-hydrogen) atoms. The number of hydrogen-bond acceptors (Lipinski definition) is 2. The molecule has 1 aromatic carbocycles. The number of hydrogen-bond donors (Lipinski definition) is 1. The highest BCUT2D eigenvalue weighted by Crippen LogP contribution is 2.14. The van der Waals surface area contributed by atoms with Gasteiger partial charge in [0, 0.05) is 5.56 Å². The van der Waals surface area contributed by atoms with E-state index in [-0.39, 0.29) is 0 Å². The van der Waals surface area contributed by atoms with E-state index in [0.717, 1.165) is 24.3 Å². The molecule has 0 spiro atoms. The quantitative estimate of drug-likeness (QED) is 0.780. The molecule has 0 aliphatic rings. The maximum Gasteiger partial charge on any atom is 0.120 e. The van der Waals surface area contributed by atoms with Crippen molar-refractivity contribution in [1.29, 1.82) is 0 Å². The van der Waals surface area contributed by atoms with Crippen LogP contribution in [0.1, 0.15) is 25.8 Å². The second-order valence-corrected chi connectivity index (χ2v) is 4.16. The van der Waals surface area contributed by atoms with Crippen LogP contribution in [0.5, 0.6) is 5.75 Å². The Labute approximate surface area is 96.4 Å². The summed E-state index contributed by atoms with van der Waals surface area (Å²) < 4.78 is 5.63. The highest BCUT2D eigenvalue weighted by Gasteiger charge is 2.02. The molecule has 1 unspecified atom stereocenters. The molecule has 1 rings (SSSR count). The molecule has 0 radical (unpaired) electrons. The van der Waals surface area contributed by atoms with E-state index in [1.54, 1.807) is 0 Å². The van der Waals surface area contributed by atoms with Gasteiger partial charge < -0.3 is 10.5 Å². The van der Waals surface area contributed by atoms with Crippen LogP contribution in [0.4, 0.5) is 0 Å². The van der Waals surface area contributed by atoms with Crippen LogP contribution >= 0.6 is 12.2 Å². The molecule has 2 nitrogen and oxygen atoms in total. The van der Waals surface area contributed by atoms with E-state index < -0.39 is 0 Å². The number of rotatable bonds is 5. The van der Waals surface area contributed by atoms with Crippen LogP contribution < -0.4 is 10.5 Å². The second kappa shape index (κ2) is 5.71. The van der Waals surface area contributed by atoms with E-state index in [1.807, 2.05) is 24.3 Å². The summed E-state index contributed by atoms with van der Waals surface area (Å²) in [6.07, 6.45) is 1.12. The zero-order valence-electron chi connectivity index (χ0n) is 9.19. The van der Waals surface area contributed by atoms with Crippen LogP contribution in [0.15, 0.2) is 24.3 Å². The van der Waals surface area contributed by atoms with E-state index >= 15 is 0 Å². The van der Waals surface area contributed by atoms with Gasteiger partial charge in [-0.25, -0.2) is 0 Å². The Morgan fingerprint density at radius 2 is 2.27 bits per heavy atom. The fourth-order valence-electron chi connectivity index (χ4n) is 1.10. The first-order valence-electron chi connectivity index (χ1n) is 5.16. The van der Waals surface area contributed by atoms with Gasteiger partial charge in [-0.3, -0.25) is 0 Å². The van der Waals surface area contributed by atoms with Crippen molar-refractivity contribution in [3.05, 3.63) is 29.8 Å². The first kappa shape index (κ1) is 12.0. The van der Waals surface area contributed by atoms with E-state index in [0.29, 0.717) is 10.9 Å². The van der Waals surface area contributed by atoms with Gasteiger partial charge in [0.25, 0.3) is 0 Å². The molecule has 82 valence electrons. The van der Waals surface area contributed by atoms with E-state index in [9.17, 15) is 0 Å². The predicted octanol–water partition coefficient (Wildman–Crippen LogP) is 2.75. The maximum absolute atomic E-state index is 5.63. The van der Waals surface area contributed by atoms with Crippen molar-refractivity contribution >= 4 is 17.2 Å². The summed E-state index contributed by atoms with van der Waals surface area (Å²) in [6, 6.07) is 7.59. The number of nitrogens with two attached hydrogens (primary N) is 1. The van der Waals surface area contributed by atoms with Crippen LogP contribution in [-0.2, 0) is 0 Å². The summed E-state index contributed by atoms with van der Waals surface area (Å²) in [4.78, 5) is 0.406. The summed E-state index contributed by atoms with van der Waals surface area (Å²) in [5.74, 6) is 1.40. The van der Waals surface area contributed by atoms with Gasteiger partial charge in [0.2, 0.25) is 0 Å². The Hall–Kier alpha value is -1.09. The van der Waals surface area contributed by atoms with Crippen LogP contribution in [0.3, 0.4) is 0 Å². The fraction of sp³-hybridized carbons (Fsp3) is 0.417. The first-order chi connectivity index (χ1) is 7.13. The van der Waals surface area contributed by atoms with Gasteiger partial charge in [-0.05, 0) is 18.1 Å². The monoisotopic (exact) mass is 223 g/mol. The van der Waals surface area contributed by atoms with Gasteiger partial charge in [0.05, 0.1) is 6.61 Å². The third-order valence-electron chi connectivity index (χ3n) is 2.35. The van der Waals surface area contributed by atoms with Crippen molar-refractivity contribution in [3.63, 3.8) is 0 Å². The highest BCUT2D eigenvalue weighted by molar-refractivity contribution is 7.80. The lowest BCUT2D eigenvalue weighted by Crippen LogP contribution is -2.10. The Kier molecular flexibility index (Phi) is 4.56. The Morgan fingerprint density at radius 3 is 2.87 bits per heavy atom. The van der Waals surface area contributed by atoms with Gasteiger partial charge in [0.15, 0.2) is 0 Å². The predicted molar refractivity (Wildman–Crippen MR) is 67.3 cm³/mol. The molecule has 3 heteroatoms. The summed E-state index contributed by atoms with van der Waals surface area (Å²) in [7, 11) is 0. The molecule has 0 fully saturated rings. The van der Waals surface area contributed by atoms with Crippen LogP contribution in [0, 0.1) is 5.92 Å². The van der Waals surface area contributed by atoms with Crippen molar-refractivity contribution in [2.75, 3.05) is 6.61 Å². The van der Waals surface area contributed by atoms with Crippen molar-refractivity contribution < 1.29 is 4.74 Å². The van der Waals surface area contributed by atoms with Gasteiger partial charge in [-0.15, -0.1) is 0 Å². The minimum Gasteiger partial charge on any atom is -0.493 e. The molecular formula is C12H17NOS. The second-order valence-electron chi connectivity index (χ2n) is 3.72. The average Bonchev–Trinajstić information content (AvgIpc) is 2.26. The van der Waals surface area contributed by atoms with E-state index in [1.165, 1.54) is 0 Å². The molecule has 0 amide bonds. The van der Waals surface area contributed by atoms with Gasteiger partial charge in [-0.2, -0.15) is 0 Å². The SMILES string of the molecule is CCC(C)COc1cccc(C(N)=S)c1. The average molecular weight is 223 g/mol. The lowest BCUT2D eigenvalue weighted by atomic mass is 10.1. The minimum absolute atomic E-state index is 0.406. The summed E-state index contributed by atoms with van der Waals surface area (Å²) >= 11 is 4.90. The Bertz CT molecular complexity index is 338. The van der Waals surface area contributed by atoms with Gasteiger partial charge in [-0.1, -0.05) is 44.6 Å². The fourth-order valence-corrected chi connectivity index (χ4v) is 1.22. The zero-order valence-corrected chi connectivity index (χ0v) is 10.0. The highest BCUT2D eigenvalue weighted by atomic mass is 32.1. The van der Waals surface area contributed by atoms with Gasteiger partial charge in [0.1, 0.15) is 10.7 Å². The van der Waals surface area contributed by atoms with Gasteiger partial charge >= 0.3 is 0 Å². The number of ether oxygens (including phenoxy) is 1. The van der Waals surface area contributed by atoms with Crippen molar-refractivity contribution in [2.24, 2.45) is 11.7 Å². The molecule has 0 bridgehead atoms. The zero-order chi connectivity index (χ0) is 11.3. The topological polar surface area (TPSA) is 35.2 Å².